The summed E-state index contributed by atoms with van der Waals surface area (Å²) in [6.45, 7) is 1.98. The lowest BCUT2D eigenvalue weighted by molar-refractivity contribution is 0.402. The maximum Gasteiger partial charge on any atom is 0.132 e. The van der Waals surface area contributed by atoms with Crippen molar-refractivity contribution in [1.82, 2.24) is 0 Å². The van der Waals surface area contributed by atoms with E-state index in [-0.39, 0.29) is 5.82 Å². The fraction of sp³-hybridized carbons (Fsp3) is 0.200. The van der Waals surface area contributed by atoms with Crippen molar-refractivity contribution in [2.75, 3.05) is 7.11 Å². The molecule has 2 N–H and O–H groups in total. The highest BCUT2D eigenvalue weighted by Crippen LogP contribution is 2.30. The second kappa shape index (κ2) is 5.19. The minimum atomic E-state index is -0.527. The van der Waals surface area contributed by atoms with Gasteiger partial charge in [-0.2, -0.15) is 0 Å². The second-order valence-corrected chi connectivity index (χ2v) is 4.25. The van der Waals surface area contributed by atoms with E-state index in [1.807, 2.05) is 31.2 Å². The van der Waals surface area contributed by atoms with Gasteiger partial charge in [0.1, 0.15) is 11.6 Å². The van der Waals surface area contributed by atoms with E-state index in [4.69, 9.17) is 10.5 Å². The summed E-state index contributed by atoms with van der Waals surface area (Å²) < 4.78 is 19.1. The van der Waals surface area contributed by atoms with Gasteiger partial charge in [0, 0.05) is 0 Å². The molecule has 2 rings (SSSR count). The van der Waals surface area contributed by atoms with Crippen molar-refractivity contribution in [3.05, 3.63) is 65.0 Å². The molecule has 2 aromatic rings. The lowest BCUT2D eigenvalue weighted by atomic mass is 9.97. The van der Waals surface area contributed by atoms with E-state index >= 15 is 0 Å². The average Bonchev–Trinajstić information content (AvgIpc) is 2.37. The molecule has 0 radical (unpaired) electrons. The Morgan fingerprint density at radius 1 is 1.17 bits per heavy atom. The first-order chi connectivity index (χ1) is 8.63. The molecule has 0 saturated carbocycles. The van der Waals surface area contributed by atoms with Gasteiger partial charge in [-0.05, 0) is 24.6 Å². The standard InChI is InChI=1S/C15H16FNO/c1-10-5-3-6-11(9-10)15(17)14-12(16)7-4-8-13(14)18-2/h3-9,15H,17H2,1-2H3. The Morgan fingerprint density at radius 2 is 1.89 bits per heavy atom. The van der Waals surface area contributed by atoms with Crippen LogP contribution in [0.1, 0.15) is 22.7 Å². The van der Waals surface area contributed by atoms with Crippen LogP contribution in [-0.4, -0.2) is 7.11 Å². The molecule has 0 spiro atoms. The topological polar surface area (TPSA) is 35.2 Å². The van der Waals surface area contributed by atoms with Crippen molar-refractivity contribution < 1.29 is 9.13 Å². The zero-order valence-electron chi connectivity index (χ0n) is 10.5. The Hall–Kier alpha value is -1.87. The van der Waals surface area contributed by atoms with Crippen LogP contribution in [0.25, 0.3) is 0 Å². The number of benzene rings is 2. The van der Waals surface area contributed by atoms with Crippen molar-refractivity contribution in [2.45, 2.75) is 13.0 Å². The quantitative estimate of drug-likeness (QED) is 0.901. The van der Waals surface area contributed by atoms with Crippen LogP contribution in [0.3, 0.4) is 0 Å². The molecule has 0 bridgehead atoms. The molecule has 1 unspecified atom stereocenters. The van der Waals surface area contributed by atoms with Crippen molar-refractivity contribution in [3.63, 3.8) is 0 Å². The Kier molecular flexibility index (Phi) is 3.63. The Labute approximate surface area is 106 Å². The fourth-order valence-electron chi connectivity index (χ4n) is 2.03. The first-order valence-corrected chi connectivity index (χ1v) is 5.78. The lowest BCUT2D eigenvalue weighted by Crippen LogP contribution is -2.15. The molecule has 0 amide bonds. The third-order valence-corrected chi connectivity index (χ3v) is 2.95. The van der Waals surface area contributed by atoms with Crippen molar-refractivity contribution in [1.29, 1.82) is 0 Å². The maximum atomic E-state index is 13.9. The molecule has 1 atom stereocenters. The molecular weight excluding hydrogens is 229 g/mol. The molecule has 0 saturated heterocycles. The van der Waals surface area contributed by atoms with Gasteiger partial charge < -0.3 is 10.5 Å². The molecule has 0 aromatic heterocycles. The zero-order valence-corrected chi connectivity index (χ0v) is 10.5. The smallest absolute Gasteiger partial charge is 0.132 e. The van der Waals surface area contributed by atoms with Gasteiger partial charge in [0.15, 0.2) is 0 Å². The second-order valence-electron chi connectivity index (χ2n) is 4.25. The van der Waals surface area contributed by atoms with Gasteiger partial charge >= 0.3 is 0 Å². The molecule has 3 heteroatoms. The number of rotatable bonds is 3. The molecule has 0 heterocycles. The van der Waals surface area contributed by atoms with E-state index < -0.39 is 6.04 Å². The molecule has 0 aliphatic carbocycles. The summed E-state index contributed by atoms with van der Waals surface area (Å²) in [4.78, 5) is 0. The van der Waals surface area contributed by atoms with E-state index in [2.05, 4.69) is 0 Å². The summed E-state index contributed by atoms with van der Waals surface area (Å²) in [5, 5.41) is 0. The van der Waals surface area contributed by atoms with Gasteiger partial charge in [0.2, 0.25) is 0 Å². The van der Waals surface area contributed by atoms with E-state index in [9.17, 15) is 4.39 Å². The monoisotopic (exact) mass is 245 g/mol. The molecule has 94 valence electrons. The Balaban J connectivity index is 2.48. The van der Waals surface area contributed by atoms with Crippen LogP contribution in [0, 0.1) is 12.7 Å². The van der Waals surface area contributed by atoms with Gasteiger partial charge in [-0.25, -0.2) is 4.39 Å². The highest BCUT2D eigenvalue weighted by atomic mass is 19.1. The lowest BCUT2D eigenvalue weighted by Gasteiger charge is -2.17. The summed E-state index contributed by atoms with van der Waals surface area (Å²) in [5.41, 5.74) is 8.51. The van der Waals surface area contributed by atoms with Gasteiger partial charge in [-0.15, -0.1) is 0 Å². The minimum Gasteiger partial charge on any atom is -0.496 e. The summed E-state index contributed by atoms with van der Waals surface area (Å²) >= 11 is 0. The fourth-order valence-corrected chi connectivity index (χ4v) is 2.03. The van der Waals surface area contributed by atoms with Crippen LogP contribution in [0.15, 0.2) is 42.5 Å². The van der Waals surface area contributed by atoms with E-state index in [1.165, 1.54) is 13.2 Å². The normalized spacial score (nSPS) is 12.2. The highest BCUT2D eigenvalue weighted by Gasteiger charge is 2.18. The molecule has 0 fully saturated rings. The molecule has 2 nitrogen and oxygen atoms in total. The number of halogens is 1. The van der Waals surface area contributed by atoms with Crippen LogP contribution < -0.4 is 10.5 Å². The van der Waals surface area contributed by atoms with Crippen molar-refractivity contribution >= 4 is 0 Å². The molecule has 18 heavy (non-hydrogen) atoms. The first kappa shape index (κ1) is 12.6. The summed E-state index contributed by atoms with van der Waals surface area (Å²) in [7, 11) is 1.52. The van der Waals surface area contributed by atoms with Gasteiger partial charge in [0.05, 0.1) is 18.7 Å². The molecule has 0 aliphatic heterocycles. The largest absolute Gasteiger partial charge is 0.496 e. The molecule has 0 aliphatic rings. The molecular formula is C15H16FNO. The zero-order chi connectivity index (χ0) is 13.1. The minimum absolute atomic E-state index is 0.344. The van der Waals surface area contributed by atoms with Gasteiger partial charge in [-0.1, -0.05) is 35.9 Å². The number of hydrogen-bond donors (Lipinski definition) is 1. The van der Waals surface area contributed by atoms with Gasteiger partial charge in [0.25, 0.3) is 0 Å². The van der Waals surface area contributed by atoms with Crippen molar-refractivity contribution in [2.24, 2.45) is 5.73 Å². The average molecular weight is 245 g/mol. The number of nitrogens with two attached hydrogens (primary N) is 1. The van der Waals surface area contributed by atoms with Gasteiger partial charge in [-0.3, -0.25) is 0 Å². The predicted octanol–water partition coefficient (Wildman–Crippen LogP) is 3.19. The third-order valence-electron chi connectivity index (χ3n) is 2.95. The SMILES string of the molecule is COc1cccc(F)c1C(N)c1cccc(C)c1. The highest BCUT2D eigenvalue weighted by molar-refractivity contribution is 5.42. The number of aryl methyl sites for hydroxylation is 1. The van der Waals surface area contributed by atoms with Crippen LogP contribution in [0.5, 0.6) is 5.75 Å². The maximum absolute atomic E-state index is 13.9. The number of methoxy groups -OCH3 is 1. The van der Waals surface area contributed by atoms with Crippen LogP contribution >= 0.6 is 0 Å². The van der Waals surface area contributed by atoms with Crippen molar-refractivity contribution in [3.8, 4) is 5.75 Å². The van der Waals surface area contributed by atoms with Crippen LogP contribution in [-0.2, 0) is 0 Å². The Morgan fingerprint density at radius 3 is 2.56 bits per heavy atom. The Bertz CT molecular complexity index is 554. The van der Waals surface area contributed by atoms with E-state index in [0.717, 1.165) is 11.1 Å². The molecule has 2 aromatic carbocycles. The summed E-state index contributed by atoms with van der Waals surface area (Å²) in [6, 6.07) is 11.9. The van der Waals surface area contributed by atoms with Crippen LogP contribution in [0.2, 0.25) is 0 Å². The summed E-state index contributed by atoms with van der Waals surface area (Å²) in [5.74, 6) is 0.132. The predicted molar refractivity (Wildman–Crippen MR) is 70.2 cm³/mol. The van der Waals surface area contributed by atoms with Crippen LogP contribution in [0.4, 0.5) is 4.39 Å². The summed E-state index contributed by atoms with van der Waals surface area (Å²) in [6.07, 6.45) is 0. The third kappa shape index (κ3) is 2.36. The van der Waals surface area contributed by atoms with E-state index in [1.54, 1.807) is 12.1 Å². The van der Waals surface area contributed by atoms with E-state index in [0.29, 0.717) is 11.3 Å². The first-order valence-electron chi connectivity index (χ1n) is 5.78. The number of ether oxygens (including phenoxy) is 1. The number of hydrogen-bond acceptors (Lipinski definition) is 2.